The summed E-state index contributed by atoms with van der Waals surface area (Å²) in [6.07, 6.45) is 3.79. The fraction of sp³-hybridized carbons (Fsp3) is 0.632. The molecule has 0 aromatic heterocycles. The van der Waals surface area contributed by atoms with E-state index in [0.717, 1.165) is 56.9 Å². The van der Waals surface area contributed by atoms with E-state index < -0.39 is 0 Å². The van der Waals surface area contributed by atoms with Crippen LogP contribution in [-0.4, -0.2) is 51.0 Å². The van der Waals surface area contributed by atoms with Crippen molar-refractivity contribution in [2.75, 3.05) is 40.0 Å². The molecule has 1 aromatic carbocycles. The van der Waals surface area contributed by atoms with Gasteiger partial charge in [-0.05, 0) is 43.4 Å². The second-order valence-electron chi connectivity index (χ2n) is 7.35. The summed E-state index contributed by atoms with van der Waals surface area (Å²) in [6, 6.07) is 6.89. The molecule has 0 bridgehead atoms. The fourth-order valence-electron chi connectivity index (χ4n) is 3.59. The molecule has 2 aliphatic rings. The van der Waals surface area contributed by atoms with Gasteiger partial charge in [-0.15, -0.1) is 0 Å². The van der Waals surface area contributed by atoms with Crippen molar-refractivity contribution < 1.29 is 14.2 Å². The maximum absolute atomic E-state index is 13.5. The molecule has 1 aromatic rings. The SMILES string of the molecule is CN=C(NCC1(CCO)CCOC1)NCC1(c2cccc(F)c2)CC1. The molecule has 1 aliphatic heterocycles. The maximum Gasteiger partial charge on any atom is 0.191 e. The summed E-state index contributed by atoms with van der Waals surface area (Å²) in [5.41, 5.74) is 1.04. The standard InChI is InChI=1S/C19H28FN3O2/c1-21-17(22-12-18(7-9-24)8-10-25-14-18)23-13-19(5-6-19)15-3-2-4-16(20)11-15/h2-4,11,24H,5-10,12-14H2,1H3,(H2,21,22,23). The highest BCUT2D eigenvalue weighted by Gasteiger charge is 2.44. The van der Waals surface area contributed by atoms with Crippen molar-refractivity contribution in [2.45, 2.75) is 31.1 Å². The van der Waals surface area contributed by atoms with Gasteiger partial charge in [0.2, 0.25) is 0 Å². The summed E-state index contributed by atoms with van der Waals surface area (Å²) in [5, 5.41) is 16.1. The molecule has 5 nitrogen and oxygen atoms in total. The number of halogens is 1. The first kappa shape index (κ1) is 18.1. The molecule has 138 valence electrons. The van der Waals surface area contributed by atoms with E-state index in [1.807, 2.05) is 6.07 Å². The highest BCUT2D eigenvalue weighted by molar-refractivity contribution is 5.79. The zero-order valence-electron chi connectivity index (χ0n) is 14.9. The van der Waals surface area contributed by atoms with Crippen LogP contribution < -0.4 is 10.6 Å². The van der Waals surface area contributed by atoms with Crippen LogP contribution in [0.25, 0.3) is 0 Å². The summed E-state index contributed by atoms with van der Waals surface area (Å²) in [5.74, 6) is 0.561. The van der Waals surface area contributed by atoms with E-state index in [1.165, 1.54) is 6.07 Å². The van der Waals surface area contributed by atoms with Gasteiger partial charge in [0.05, 0.1) is 6.61 Å². The Morgan fingerprint density at radius 2 is 2.08 bits per heavy atom. The number of ether oxygens (including phenoxy) is 1. The third kappa shape index (κ3) is 4.30. The van der Waals surface area contributed by atoms with Crippen LogP contribution in [0.1, 0.15) is 31.2 Å². The minimum Gasteiger partial charge on any atom is -0.396 e. The van der Waals surface area contributed by atoms with Crippen molar-refractivity contribution in [3.05, 3.63) is 35.6 Å². The number of nitrogens with zero attached hydrogens (tertiary/aromatic N) is 1. The predicted molar refractivity (Wildman–Crippen MR) is 96.2 cm³/mol. The number of benzene rings is 1. The van der Waals surface area contributed by atoms with Crippen molar-refractivity contribution in [1.29, 1.82) is 0 Å². The minimum absolute atomic E-state index is 0.0129. The molecule has 0 spiro atoms. The highest BCUT2D eigenvalue weighted by atomic mass is 19.1. The van der Waals surface area contributed by atoms with Gasteiger partial charge in [-0.3, -0.25) is 4.99 Å². The van der Waals surface area contributed by atoms with E-state index in [9.17, 15) is 9.50 Å². The van der Waals surface area contributed by atoms with Gasteiger partial charge in [-0.1, -0.05) is 12.1 Å². The van der Waals surface area contributed by atoms with Gasteiger partial charge in [0.15, 0.2) is 5.96 Å². The molecule has 1 atom stereocenters. The maximum atomic E-state index is 13.5. The molecule has 1 heterocycles. The Bertz CT molecular complexity index is 610. The average molecular weight is 349 g/mol. The largest absolute Gasteiger partial charge is 0.396 e. The van der Waals surface area contributed by atoms with Crippen LogP contribution in [0.5, 0.6) is 0 Å². The van der Waals surface area contributed by atoms with Gasteiger partial charge in [0.25, 0.3) is 0 Å². The number of rotatable bonds is 7. The third-order valence-electron chi connectivity index (χ3n) is 5.57. The van der Waals surface area contributed by atoms with E-state index in [-0.39, 0.29) is 23.3 Å². The van der Waals surface area contributed by atoms with Crippen molar-refractivity contribution >= 4 is 5.96 Å². The van der Waals surface area contributed by atoms with Crippen LogP contribution in [0.15, 0.2) is 29.3 Å². The third-order valence-corrected chi connectivity index (χ3v) is 5.57. The lowest BCUT2D eigenvalue weighted by atomic mass is 9.84. The minimum atomic E-state index is -0.182. The molecule has 0 amide bonds. The number of guanidine groups is 1. The number of hydrogen-bond donors (Lipinski definition) is 3. The Morgan fingerprint density at radius 1 is 1.28 bits per heavy atom. The first-order valence-electron chi connectivity index (χ1n) is 9.01. The zero-order valence-corrected chi connectivity index (χ0v) is 14.9. The zero-order chi connectivity index (χ0) is 17.8. The van der Waals surface area contributed by atoms with Gasteiger partial charge >= 0.3 is 0 Å². The lowest BCUT2D eigenvalue weighted by molar-refractivity contribution is 0.127. The Hall–Kier alpha value is -1.66. The molecule has 1 saturated carbocycles. The van der Waals surface area contributed by atoms with Crippen LogP contribution in [-0.2, 0) is 10.2 Å². The van der Waals surface area contributed by atoms with Gasteiger partial charge in [-0.2, -0.15) is 0 Å². The van der Waals surface area contributed by atoms with Gasteiger partial charge in [0, 0.05) is 44.2 Å². The molecule has 3 rings (SSSR count). The Kier molecular flexibility index (Phi) is 5.59. The van der Waals surface area contributed by atoms with Crippen LogP contribution >= 0.6 is 0 Å². The lowest BCUT2D eigenvalue weighted by Crippen LogP contribution is -2.46. The summed E-state index contributed by atoms with van der Waals surface area (Å²) < 4.78 is 19.0. The molecule has 0 radical (unpaired) electrons. The molecule has 3 N–H and O–H groups in total. The second kappa shape index (κ2) is 7.70. The van der Waals surface area contributed by atoms with Crippen molar-refractivity contribution in [3.63, 3.8) is 0 Å². The van der Waals surface area contributed by atoms with E-state index in [4.69, 9.17) is 4.74 Å². The molecule has 25 heavy (non-hydrogen) atoms. The van der Waals surface area contributed by atoms with Gasteiger partial charge < -0.3 is 20.5 Å². The van der Waals surface area contributed by atoms with E-state index >= 15 is 0 Å². The summed E-state index contributed by atoms with van der Waals surface area (Å²) in [4.78, 5) is 4.30. The molecule has 1 unspecified atom stereocenters. The van der Waals surface area contributed by atoms with Crippen molar-refractivity contribution in [3.8, 4) is 0 Å². The molecular weight excluding hydrogens is 321 g/mol. The van der Waals surface area contributed by atoms with E-state index in [2.05, 4.69) is 15.6 Å². The predicted octanol–water partition coefficient (Wildman–Crippen LogP) is 1.81. The van der Waals surface area contributed by atoms with E-state index in [0.29, 0.717) is 6.61 Å². The monoisotopic (exact) mass is 349 g/mol. The Morgan fingerprint density at radius 3 is 2.68 bits per heavy atom. The molecular formula is C19H28FN3O2. The first-order valence-corrected chi connectivity index (χ1v) is 9.01. The number of aliphatic hydroxyl groups is 1. The van der Waals surface area contributed by atoms with Gasteiger partial charge in [0.1, 0.15) is 5.82 Å². The van der Waals surface area contributed by atoms with Crippen molar-refractivity contribution in [1.82, 2.24) is 10.6 Å². The summed E-state index contributed by atoms with van der Waals surface area (Å²) >= 11 is 0. The quantitative estimate of drug-likeness (QED) is 0.519. The fourth-order valence-corrected chi connectivity index (χ4v) is 3.59. The van der Waals surface area contributed by atoms with Crippen LogP contribution in [0.3, 0.4) is 0 Å². The van der Waals surface area contributed by atoms with Crippen LogP contribution in [0.2, 0.25) is 0 Å². The topological polar surface area (TPSA) is 65.9 Å². The average Bonchev–Trinajstić information content (AvgIpc) is 3.27. The molecule has 2 fully saturated rings. The second-order valence-corrected chi connectivity index (χ2v) is 7.35. The molecule has 1 saturated heterocycles. The van der Waals surface area contributed by atoms with Crippen LogP contribution in [0.4, 0.5) is 4.39 Å². The summed E-state index contributed by atoms with van der Waals surface area (Å²) in [6.45, 7) is 3.04. The van der Waals surface area contributed by atoms with E-state index in [1.54, 1.807) is 19.2 Å². The lowest BCUT2D eigenvalue weighted by Gasteiger charge is -2.28. The number of aliphatic imine (C=N–C) groups is 1. The number of aliphatic hydroxyl groups excluding tert-OH is 1. The van der Waals surface area contributed by atoms with Crippen molar-refractivity contribution in [2.24, 2.45) is 10.4 Å². The summed E-state index contributed by atoms with van der Waals surface area (Å²) in [7, 11) is 1.75. The molecule has 1 aliphatic carbocycles. The van der Waals surface area contributed by atoms with Crippen LogP contribution in [0, 0.1) is 11.2 Å². The smallest absolute Gasteiger partial charge is 0.191 e. The number of nitrogens with one attached hydrogen (secondary N) is 2. The molecule has 6 heteroatoms. The highest BCUT2D eigenvalue weighted by Crippen LogP contribution is 2.47. The van der Waals surface area contributed by atoms with Gasteiger partial charge in [-0.25, -0.2) is 4.39 Å². The Balaban J connectivity index is 1.54. The number of hydrogen-bond acceptors (Lipinski definition) is 3. The Labute approximate surface area is 148 Å². The normalized spacial score (nSPS) is 25.0. The first-order chi connectivity index (χ1) is 12.1.